The van der Waals surface area contributed by atoms with Crippen molar-refractivity contribution in [1.29, 1.82) is 0 Å². The molecule has 0 atom stereocenters. The smallest absolute Gasteiger partial charge is 0.344 e. The fourth-order valence-electron chi connectivity index (χ4n) is 1.79. The number of alkyl halides is 3. The van der Waals surface area contributed by atoms with E-state index >= 15 is 0 Å². The minimum atomic E-state index is -4.46. The number of benzene rings is 1. The summed E-state index contributed by atoms with van der Waals surface area (Å²) >= 11 is 6.90. The Morgan fingerprint density at radius 2 is 2.05 bits per heavy atom. The second kappa shape index (κ2) is 5.65. The van der Waals surface area contributed by atoms with Crippen molar-refractivity contribution in [2.24, 2.45) is 0 Å². The molecule has 1 aromatic carbocycles. The second-order valence-electron chi connectivity index (χ2n) is 4.35. The van der Waals surface area contributed by atoms with Crippen molar-refractivity contribution in [3.05, 3.63) is 40.0 Å². The Bertz CT molecular complexity index is 697. The van der Waals surface area contributed by atoms with Gasteiger partial charge in [0.05, 0.1) is 27.5 Å². The number of carbonyl (C=O) groups is 1. The molecule has 21 heavy (non-hydrogen) atoms. The Labute approximate surface area is 127 Å². The number of hydrogen-bond donors (Lipinski definition) is 1. The fraction of sp³-hybridized carbons (Fsp3) is 0.231. The van der Waals surface area contributed by atoms with Crippen LogP contribution >= 0.6 is 23.1 Å². The highest BCUT2D eigenvalue weighted by Gasteiger charge is 2.31. The van der Waals surface area contributed by atoms with Gasteiger partial charge in [-0.15, -0.1) is 0 Å². The summed E-state index contributed by atoms with van der Waals surface area (Å²) in [6.07, 6.45) is -4.46. The lowest BCUT2D eigenvalue weighted by atomic mass is 10.1. The summed E-state index contributed by atoms with van der Waals surface area (Å²) in [6, 6.07) is 2.96. The summed E-state index contributed by atoms with van der Waals surface area (Å²) in [7, 11) is 0. The van der Waals surface area contributed by atoms with Crippen LogP contribution in [0.1, 0.15) is 28.5 Å². The van der Waals surface area contributed by atoms with E-state index in [1.54, 1.807) is 6.92 Å². The minimum Gasteiger partial charge on any atom is -0.344 e. The third-order valence-electron chi connectivity index (χ3n) is 2.76. The maximum Gasteiger partial charge on any atom is 0.416 e. The van der Waals surface area contributed by atoms with E-state index in [1.807, 2.05) is 0 Å². The number of nitrogens with one attached hydrogen (secondary N) is 1. The monoisotopic (exact) mass is 334 g/mol. The van der Waals surface area contributed by atoms with Gasteiger partial charge in [0.15, 0.2) is 5.78 Å². The molecular weight excluding hydrogens is 325 g/mol. The van der Waals surface area contributed by atoms with Gasteiger partial charge in [-0.25, -0.2) is 0 Å². The summed E-state index contributed by atoms with van der Waals surface area (Å²) in [6.45, 7) is 3.03. The molecule has 0 aliphatic carbocycles. The summed E-state index contributed by atoms with van der Waals surface area (Å²) in [5, 5.41) is 3.26. The van der Waals surface area contributed by atoms with Gasteiger partial charge in [-0.2, -0.15) is 17.5 Å². The first-order valence-corrected chi connectivity index (χ1v) is 6.96. The van der Waals surface area contributed by atoms with E-state index in [1.165, 1.54) is 6.92 Å². The maximum absolute atomic E-state index is 12.7. The number of ketones is 1. The summed E-state index contributed by atoms with van der Waals surface area (Å²) in [5.74, 6) is -0.216. The average Bonchev–Trinajstić information content (AvgIpc) is 2.72. The minimum absolute atomic E-state index is 0.0811. The van der Waals surface area contributed by atoms with E-state index in [0.717, 1.165) is 29.7 Å². The van der Waals surface area contributed by atoms with E-state index in [4.69, 9.17) is 11.6 Å². The number of anilines is 2. The molecule has 2 aromatic rings. The number of aromatic nitrogens is 1. The molecule has 0 bridgehead atoms. The molecule has 0 unspecified atom stereocenters. The zero-order valence-electron chi connectivity index (χ0n) is 11.0. The Morgan fingerprint density at radius 1 is 1.38 bits per heavy atom. The highest BCUT2D eigenvalue weighted by atomic mass is 35.5. The molecule has 1 aromatic heterocycles. The van der Waals surface area contributed by atoms with Crippen LogP contribution in [-0.4, -0.2) is 10.2 Å². The third kappa shape index (κ3) is 3.36. The predicted molar refractivity (Wildman–Crippen MR) is 76.6 cm³/mol. The third-order valence-corrected chi connectivity index (χ3v) is 3.94. The van der Waals surface area contributed by atoms with Crippen molar-refractivity contribution >= 4 is 39.6 Å². The lowest BCUT2D eigenvalue weighted by Gasteiger charge is -2.12. The molecule has 0 fully saturated rings. The summed E-state index contributed by atoms with van der Waals surface area (Å²) in [5.41, 5.74) is 0.143. The van der Waals surface area contributed by atoms with E-state index < -0.39 is 11.7 Å². The van der Waals surface area contributed by atoms with Crippen molar-refractivity contribution in [2.75, 3.05) is 5.32 Å². The molecular formula is C13H10ClF3N2OS. The molecule has 0 amide bonds. The standard InChI is InChI=1S/C13H10ClF3N2OS/c1-6-11(7(2)20)12(21-19-6)18-10-5-8(13(15,16)17)3-4-9(10)14/h3-5,18H,1-2H3. The van der Waals surface area contributed by atoms with Crippen LogP contribution in [0.2, 0.25) is 5.02 Å². The zero-order chi connectivity index (χ0) is 15.8. The van der Waals surface area contributed by atoms with Crippen LogP contribution in [-0.2, 0) is 6.18 Å². The first kappa shape index (κ1) is 15.8. The van der Waals surface area contributed by atoms with Crippen LogP contribution in [0.15, 0.2) is 18.2 Å². The molecule has 0 spiro atoms. The number of nitrogens with zero attached hydrogens (tertiary/aromatic N) is 1. The van der Waals surface area contributed by atoms with Gasteiger partial charge in [0.1, 0.15) is 5.00 Å². The van der Waals surface area contributed by atoms with Gasteiger partial charge in [-0.05, 0) is 43.6 Å². The average molecular weight is 335 g/mol. The van der Waals surface area contributed by atoms with Crippen molar-refractivity contribution in [3.63, 3.8) is 0 Å². The molecule has 0 aliphatic rings. The second-order valence-corrected chi connectivity index (χ2v) is 5.53. The van der Waals surface area contributed by atoms with Crippen molar-refractivity contribution < 1.29 is 18.0 Å². The van der Waals surface area contributed by atoms with Crippen LogP contribution in [0.5, 0.6) is 0 Å². The molecule has 0 saturated carbocycles. The van der Waals surface area contributed by atoms with Gasteiger partial charge in [0, 0.05) is 0 Å². The Kier molecular flexibility index (Phi) is 4.25. The van der Waals surface area contributed by atoms with Gasteiger partial charge >= 0.3 is 6.18 Å². The molecule has 0 aliphatic heterocycles. The number of rotatable bonds is 3. The molecule has 1 heterocycles. The molecule has 8 heteroatoms. The van der Waals surface area contributed by atoms with Crippen LogP contribution in [0.25, 0.3) is 0 Å². The number of Topliss-reactive ketones (excluding diaryl/α,β-unsaturated/α-hetero) is 1. The topological polar surface area (TPSA) is 42.0 Å². The quantitative estimate of drug-likeness (QED) is 0.797. The van der Waals surface area contributed by atoms with E-state index in [9.17, 15) is 18.0 Å². The normalized spacial score (nSPS) is 11.5. The van der Waals surface area contributed by atoms with E-state index in [0.29, 0.717) is 16.3 Å². The van der Waals surface area contributed by atoms with E-state index in [2.05, 4.69) is 9.69 Å². The Morgan fingerprint density at radius 3 is 2.62 bits per heavy atom. The largest absolute Gasteiger partial charge is 0.416 e. The number of aryl methyl sites for hydroxylation is 1. The number of halogens is 4. The molecule has 2 rings (SSSR count). The van der Waals surface area contributed by atoms with Gasteiger partial charge in [-0.1, -0.05) is 11.6 Å². The molecule has 112 valence electrons. The maximum atomic E-state index is 12.7. The Balaban J connectivity index is 2.43. The van der Waals surface area contributed by atoms with Crippen molar-refractivity contribution in [3.8, 4) is 0 Å². The fourth-order valence-corrected chi connectivity index (χ4v) is 2.81. The van der Waals surface area contributed by atoms with Crippen LogP contribution < -0.4 is 5.32 Å². The first-order chi connectivity index (χ1) is 9.70. The van der Waals surface area contributed by atoms with Gasteiger partial charge in [0.25, 0.3) is 0 Å². The lowest BCUT2D eigenvalue weighted by Crippen LogP contribution is -2.06. The highest BCUT2D eigenvalue weighted by Crippen LogP contribution is 2.36. The van der Waals surface area contributed by atoms with Gasteiger partial charge in [-0.3, -0.25) is 4.79 Å². The molecule has 1 N–H and O–H groups in total. The molecule has 0 saturated heterocycles. The Hall–Kier alpha value is -1.60. The van der Waals surface area contributed by atoms with Gasteiger partial charge in [0.2, 0.25) is 0 Å². The van der Waals surface area contributed by atoms with E-state index in [-0.39, 0.29) is 16.5 Å². The van der Waals surface area contributed by atoms with Gasteiger partial charge < -0.3 is 5.32 Å². The predicted octanol–water partition coefficient (Wildman–Crippen LogP) is 5.07. The van der Waals surface area contributed by atoms with Crippen LogP contribution in [0.3, 0.4) is 0 Å². The highest BCUT2D eigenvalue weighted by molar-refractivity contribution is 7.10. The summed E-state index contributed by atoms with van der Waals surface area (Å²) in [4.78, 5) is 11.6. The zero-order valence-corrected chi connectivity index (χ0v) is 12.6. The number of carbonyl (C=O) groups excluding carboxylic acids is 1. The molecule has 0 radical (unpaired) electrons. The van der Waals surface area contributed by atoms with Crippen LogP contribution in [0.4, 0.5) is 23.9 Å². The lowest BCUT2D eigenvalue weighted by molar-refractivity contribution is -0.137. The van der Waals surface area contributed by atoms with Crippen molar-refractivity contribution in [1.82, 2.24) is 4.37 Å². The summed E-state index contributed by atoms with van der Waals surface area (Å²) < 4.78 is 42.2. The van der Waals surface area contributed by atoms with Crippen molar-refractivity contribution in [2.45, 2.75) is 20.0 Å². The number of hydrogen-bond acceptors (Lipinski definition) is 4. The molecule has 3 nitrogen and oxygen atoms in total. The van der Waals surface area contributed by atoms with Crippen LogP contribution in [0, 0.1) is 6.92 Å². The first-order valence-electron chi connectivity index (χ1n) is 5.81. The SMILES string of the molecule is CC(=O)c1c(C)nsc1Nc1cc(C(F)(F)F)ccc1Cl.